The van der Waals surface area contributed by atoms with E-state index in [9.17, 15) is 4.79 Å². The van der Waals surface area contributed by atoms with E-state index in [0.717, 1.165) is 25.9 Å². The van der Waals surface area contributed by atoms with Crippen LogP contribution in [0.4, 0.5) is 0 Å². The van der Waals surface area contributed by atoms with Gasteiger partial charge in [0.2, 0.25) is 5.91 Å². The largest absolute Gasteiger partial charge is 0.468 e. The summed E-state index contributed by atoms with van der Waals surface area (Å²) in [6, 6.07) is 0. The predicted molar refractivity (Wildman–Crippen MR) is 42.8 cm³/mol. The van der Waals surface area contributed by atoms with Crippen molar-refractivity contribution < 1.29 is 9.69 Å². The van der Waals surface area contributed by atoms with Crippen LogP contribution in [0.2, 0.25) is 0 Å². The second kappa shape index (κ2) is 3.72. The first-order valence-corrected chi connectivity index (χ1v) is 4.12. The smallest absolute Gasteiger partial charge is 0.223 e. The molecule has 0 atom stereocenters. The molecule has 0 aromatic carbocycles. The van der Waals surface area contributed by atoms with E-state index in [2.05, 4.69) is 12.4 Å². The van der Waals surface area contributed by atoms with Crippen LogP contribution in [-0.4, -0.2) is 26.0 Å². The first-order chi connectivity index (χ1) is 5.24. The zero-order valence-electron chi connectivity index (χ0n) is 7.02. The van der Waals surface area contributed by atoms with Gasteiger partial charge in [-0.2, -0.15) is 7.05 Å². The molecule has 1 heterocycles. The molecule has 1 aliphatic heterocycles. The van der Waals surface area contributed by atoms with Crippen LogP contribution in [-0.2, 0) is 4.79 Å². The van der Waals surface area contributed by atoms with Crippen molar-refractivity contribution in [3.8, 4) is 0 Å². The van der Waals surface area contributed by atoms with Gasteiger partial charge in [0.05, 0.1) is 13.1 Å². The summed E-state index contributed by atoms with van der Waals surface area (Å²) in [6.07, 6.45) is 1.97. The highest BCUT2D eigenvalue weighted by Gasteiger charge is 2.22. The van der Waals surface area contributed by atoms with Crippen LogP contribution in [0, 0.1) is 13.0 Å². The molecule has 0 saturated carbocycles. The van der Waals surface area contributed by atoms with Crippen LogP contribution >= 0.6 is 0 Å². The Morgan fingerprint density at radius 3 is 2.55 bits per heavy atom. The van der Waals surface area contributed by atoms with E-state index < -0.39 is 0 Å². The van der Waals surface area contributed by atoms with Crippen molar-refractivity contribution in [1.82, 2.24) is 5.32 Å². The Morgan fingerprint density at radius 2 is 2.09 bits per heavy atom. The van der Waals surface area contributed by atoms with E-state index in [1.165, 1.54) is 4.90 Å². The van der Waals surface area contributed by atoms with E-state index >= 15 is 0 Å². The van der Waals surface area contributed by atoms with Crippen molar-refractivity contribution in [2.45, 2.75) is 12.8 Å². The fourth-order valence-corrected chi connectivity index (χ4v) is 1.49. The number of quaternary nitrogens is 1. The molecule has 3 heteroatoms. The third-order valence-electron chi connectivity index (χ3n) is 2.31. The van der Waals surface area contributed by atoms with Gasteiger partial charge in [-0.05, 0) is 0 Å². The number of nitrogens with one attached hydrogen (secondary N) is 2. The molecule has 1 aliphatic rings. The summed E-state index contributed by atoms with van der Waals surface area (Å²) in [4.78, 5) is 12.4. The molecule has 11 heavy (non-hydrogen) atoms. The molecule has 1 saturated heterocycles. The Hall–Kier alpha value is -0.570. The van der Waals surface area contributed by atoms with Crippen molar-refractivity contribution >= 4 is 5.91 Å². The predicted octanol–water partition coefficient (Wildman–Crippen LogP) is -1.18. The average molecular weight is 156 g/mol. The van der Waals surface area contributed by atoms with Gasteiger partial charge in [-0.15, -0.1) is 0 Å². The van der Waals surface area contributed by atoms with Crippen molar-refractivity contribution in [3.63, 3.8) is 0 Å². The lowest BCUT2D eigenvalue weighted by atomic mass is 9.96. The number of carbonyl (C=O) groups is 1. The second-order valence-electron chi connectivity index (χ2n) is 3.14. The van der Waals surface area contributed by atoms with Crippen LogP contribution in [0.3, 0.4) is 0 Å². The lowest BCUT2D eigenvalue weighted by molar-refractivity contribution is -0.860. The molecule has 0 aromatic heterocycles. The van der Waals surface area contributed by atoms with Crippen molar-refractivity contribution in [1.29, 1.82) is 0 Å². The number of carbonyl (C=O) groups excluding carboxylic acids is 1. The summed E-state index contributed by atoms with van der Waals surface area (Å²) in [5.41, 5.74) is 0. The lowest BCUT2D eigenvalue weighted by Gasteiger charge is -2.29. The standard InChI is InChI=1S/C8H16N2O/c1-9-8(11)7-3-5-10(2)6-4-7/h7,10H,2-6H2,1H3,(H,9,11). The molecule has 0 radical (unpaired) electrons. The van der Waals surface area contributed by atoms with E-state index in [0.29, 0.717) is 0 Å². The molecular formula is C8H16N2O. The molecule has 0 aliphatic carbocycles. The monoisotopic (exact) mass is 156 g/mol. The Morgan fingerprint density at radius 1 is 1.55 bits per heavy atom. The molecular weight excluding hydrogens is 140 g/mol. The van der Waals surface area contributed by atoms with Gasteiger partial charge in [0.15, 0.2) is 0 Å². The average Bonchev–Trinajstić information content (AvgIpc) is 2.05. The molecule has 1 rings (SSSR count). The lowest BCUT2D eigenvalue weighted by Crippen LogP contribution is -3.08. The number of rotatable bonds is 1. The molecule has 3 nitrogen and oxygen atoms in total. The minimum absolute atomic E-state index is 0.192. The summed E-state index contributed by atoms with van der Waals surface area (Å²) < 4.78 is 0. The molecule has 1 fully saturated rings. The summed E-state index contributed by atoms with van der Waals surface area (Å²) in [5, 5.41) is 2.68. The number of amides is 1. The van der Waals surface area contributed by atoms with Gasteiger partial charge in [-0.1, -0.05) is 0 Å². The highest BCUT2D eigenvalue weighted by atomic mass is 16.1. The van der Waals surface area contributed by atoms with E-state index in [4.69, 9.17) is 0 Å². The van der Waals surface area contributed by atoms with E-state index in [1.807, 2.05) is 0 Å². The van der Waals surface area contributed by atoms with E-state index in [-0.39, 0.29) is 11.8 Å². The van der Waals surface area contributed by atoms with Gasteiger partial charge < -0.3 is 10.2 Å². The first kappa shape index (κ1) is 8.53. The molecule has 0 unspecified atom stereocenters. The fraction of sp³-hybridized carbons (Fsp3) is 0.750. The second-order valence-corrected chi connectivity index (χ2v) is 3.14. The van der Waals surface area contributed by atoms with Crippen LogP contribution < -0.4 is 10.2 Å². The van der Waals surface area contributed by atoms with E-state index in [1.54, 1.807) is 7.05 Å². The van der Waals surface area contributed by atoms with Gasteiger partial charge in [0.1, 0.15) is 0 Å². The number of hydrogen-bond donors (Lipinski definition) is 2. The Bertz CT molecular complexity index is 139. The molecule has 64 valence electrons. The highest BCUT2D eigenvalue weighted by molar-refractivity contribution is 5.78. The molecule has 0 aromatic rings. The maximum absolute atomic E-state index is 11.1. The fourth-order valence-electron chi connectivity index (χ4n) is 1.49. The summed E-state index contributed by atoms with van der Waals surface area (Å²) in [5.74, 6) is 0.433. The first-order valence-electron chi connectivity index (χ1n) is 4.12. The quantitative estimate of drug-likeness (QED) is 0.460. The molecule has 2 N–H and O–H groups in total. The molecule has 0 spiro atoms. The van der Waals surface area contributed by atoms with Gasteiger partial charge in [-0.25, -0.2) is 0 Å². The third kappa shape index (κ3) is 2.19. The third-order valence-corrected chi connectivity index (χ3v) is 2.31. The number of hydrogen-bond acceptors (Lipinski definition) is 1. The highest BCUT2D eigenvalue weighted by Crippen LogP contribution is 2.08. The number of likely N-dealkylation sites (tertiary alicyclic amines) is 1. The Kier molecular flexibility index (Phi) is 2.88. The minimum atomic E-state index is 0.192. The normalized spacial score (nSPS) is 31.5. The zero-order chi connectivity index (χ0) is 8.27. The Labute approximate surface area is 67.8 Å². The van der Waals surface area contributed by atoms with Crippen LogP contribution in [0.25, 0.3) is 0 Å². The van der Waals surface area contributed by atoms with Gasteiger partial charge in [0, 0.05) is 25.8 Å². The van der Waals surface area contributed by atoms with Gasteiger partial charge >= 0.3 is 0 Å². The zero-order valence-corrected chi connectivity index (χ0v) is 7.02. The maximum Gasteiger partial charge on any atom is 0.223 e. The van der Waals surface area contributed by atoms with Crippen molar-refractivity contribution in [3.05, 3.63) is 7.05 Å². The molecule has 1 amide bonds. The minimum Gasteiger partial charge on any atom is -0.468 e. The van der Waals surface area contributed by atoms with Crippen LogP contribution in [0.1, 0.15) is 12.8 Å². The van der Waals surface area contributed by atoms with Gasteiger partial charge in [-0.3, -0.25) is 4.79 Å². The van der Waals surface area contributed by atoms with Crippen molar-refractivity contribution in [2.75, 3.05) is 20.1 Å². The summed E-state index contributed by atoms with van der Waals surface area (Å²) in [7, 11) is 5.60. The van der Waals surface area contributed by atoms with Crippen molar-refractivity contribution in [2.24, 2.45) is 5.92 Å². The SMILES string of the molecule is [CH2-][NH+]1CCC(C(=O)NC)CC1. The van der Waals surface area contributed by atoms with Crippen LogP contribution in [0.15, 0.2) is 0 Å². The topological polar surface area (TPSA) is 33.5 Å². The maximum atomic E-state index is 11.1. The number of piperidine rings is 1. The Balaban J connectivity index is 2.33. The summed E-state index contributed by atoms with van der Waals surface area (Å²) in [6.45, 7) is 2.05. The molecule has 0 bridgehead atoms. The van der Waals surface area contributed by atoms with Gasteiger partial charge in [0.25, 0.3) is 0 Å². The summed E-state index contributed by atoms with van der Waals surface area (Å²) >= 11 is 0. The van der Waals surface area contributed by atoms with Crippen LogP contribution in [0.5, 0.6) is 0 Å².